The van der Waals surface area contributed by atoms with Crippen LogP contribution in [0, 0.1) is 5.92 Å². The summed E-state index contributed by atoms with van der Waals surface area (Å²) in [6.07, 6.45) is -3.10. The van der Waals surface area contributed by atoms with Crippen molar-refractivity contribution in [1.82, 2.24) is 0 Å². The molecule has 118 valence electrons. The van der Waals surface area contributed by atoms with Crippen LogP contribution in [-0.4, -0.2) is 25.3 Å². The lowest BCUT2D eigenvalue weighted by atomic mass is 9.95. The van der Waals surface area contributed by atoms with Crippen LogP contribution in [0.3, 0.4) is 0 Å². The van der Waals surface area contributed by atoms with E-state index in [0.29, 0.717) is 18.1 Å². The minimum Gasteiger partial charge on any atom is -0.370 e. The largest absolute Gasteiger partial charge is 0.391 e. The molecular formula is C15H20ClF3N2. The second kappa shape index (κ2) is 6.44. The Hall–Kier alpha value is -0.940. The van der Waals surface area contributed by atoms with Crippen molar-refractivity contribution in [2.45, 2.75) is 38.4 Å². The second-order valence-corrected chi connectivity index (χ2v) is 6.18. The van der Waals surface area contributed by atoms with Gasteiger partial charge in [-0.3, -0.25) is 0 Å². The van der Waals surface area contributed by atoms with Gasteiger partial charge in [-0.05, 0) is 43.9 Å². The van der Waals surface area contributed by atoms with Gasteiger partial charge in [-0.1, -0.05) is 17.7 Å². The molecule has 2 N–H and O–H groups in total. The van der Waals surface area contributed by atoms with E-state index in [1.54, 1.807) is 0 Å². The predicted molar refractivity (Wildman–Crippen MR) is 79.8 cm³/mol. The number of hydrogen-bond acceptors (Lipinski definition) is 2. The Morgan fingerprint density at radius 2 is 1.95 bits per heavy atom. The van der Waals surface area contributed by atoms with E-state index in [0.717, 1.165) is 17.7 Å². The van der Waals surface area contributed by atoms with Gasteiger partial charge in [0.05, 0.1) is 16.6 Å². The van der Waals surface area contributed by atoms with Gasteiger partial charge in [0, 0.05) is 19.1 Å². The summed E-state index contributed by atoms with van der Waals surface area (Å²) in [6.45, 7) is 2.69. The van der Waals surface area contributed by atoms with Crippen molar-refractivity contribution >= 4 is 17.3 Å². The van der Waals surface area contributed by atoms with Crippen LogP contribution < -0.4 is 10.6 Å². The fourth-order valence-corrected chi connectivity index (χ4v) is 3.08. The summed E-state index contributed by atoms with van der Waals surface area (Å²) in [5.74, 6) is -1.19. The van der Waals surface area contributed by atoms with Crippen molar-refractivity contribution in [2.24, 2.45) is 11.7 Å². The molecule has 1 saturated heterocycles. The summed E-state index contributed by atoms with van der Waals surface area (Å²) in [5, 5.41) is 0.582. The van der Waals surface area contributed by atoms with Gasteiger partial charge >= 0.3 is 6.18 Å². The number of alkyl halides is 3. The first-order valence-corrected chi connectivity index (χ1v) is 7.51. The number of nitrogens with two attached hydrogens (primary N) is 1. The Bertz CT molecular complexity index is 480. The Morgan fingerprint density at radius 3 is 2.43 bits per heavy atom. The highest BCUT2D eigenvalue weighted by Crippen LogP contribution is 2.37. The summed E-state index contributed by atoms with van der Waals surface area (Å²) >= 11 is 6.27. The molecule has 0 spiro atoms. The predicted octanol–water partition coefficient (Wildman–Crippen LogP) is 4.01. The zero-order valence-electron chi connectivity index (χ0n) is 12.0. The first-order chi connectivity index (χ1) is 9.77. The van der Waals surface area contributed by atoms with Gasteiger partial charge in [-0.25, -0.2) is 0 Å². The Kier molecular flexibility index (Phi) is 5.04. The molecule has 0 aromatic heterocycles. The van der Waals surface area contributed by atoms with Crippen molar-refractivity contribution in [3.63, 3.8) is 0 Å². The molecule has 2 rings (SSSR count). The minimum atomic E-state index is -4.09. The highest BCUT2D eigenvalue weighted by atomic mass is 35.5. The van der Waals surface area contributed by atoms with Gasteiger partial charge in [0.25, 0.3) is 0 Å². The molecule has 1 aliphatic heterocycles. The standard InChI is InChI=1S/C15H20ClF3N2/c1-10(20)8-11-2-3-14(13(16)9-11)21-6-4-12(5-7-21)15(17,18)19/h2-3,9-10,12H,4-8,20H2,1H3. The first-order valence-electron chi connectivity index (χ1n) is 7.13. The summed E-state index contributed by atoms with van der Waals surface area (Å²) < 4.78 is 38.0. The van der Waals surface area contributed by atoms with E-state index in [9.17, 15) is 13.2 Å². The zero-order chi connectivity index (χ0) is 15.6. The van der Waals surface area contributed by atoms with Crippen LogP contribution >= 0.6 is 11.6 Å². The van der Waals surface area contributed by atoms with Crippen molar-refractivity contribution in [1.29, 1.82) is 0 Å². The van der Waals surface area contributed by atoms with Crippen LogP contribution in [0.2, 0.25) is 5.02 Å². The average molecular weight is 321 g/mol. The summed E-state index contributed by atoms with van der Waals surface area (Å²) in [7, 11) is 0. The Labute approximate surface area is 128 Å². The minimum absolute atomic E-state index is 0.0504. The SMILES string of the molecule is CC(N)Cc1ccc(N2CCC(C(F)(F)F)CC2)c(Cl)c1. The molecule has 0 radical (unpaired) electrons. The van der Waals surface area contributed by atoms with E-state index in [2.05, 4.69) is 0 Å². The molecule has 21 heavy (non-hydrogen) atoms. The molecule has 6 heteroatoms. The van der Waals surface area contributed by atoms with Gasteiger partial charge in [0.1, 0.15) is 0 Å². The van der Waals surface area contributed by atoms with E-state index >= 15 is 0 Å². The molecule has 1 aromatic rings. The third-order valence-corrected chi connectivity index (χ3v) is 4.17. The molecular weight excluding hydrogens is 301 g/mol. The topological polar surface area (TPSA) is 29.3 Å². The zero-order valence-corrected chi connectivity index (χ0v) is 12.7. The van der Waals surface area contributed by atoms with E-state index in [1.165, 1.54) is 0 Å². The monoisotopic (exact) mass is 320 g/mol. The molecule has 1 unspecified atom stereocenters. The van der Waals surface area contributed by atoms with E-state index in [-0.39, 0.29) is 18.9 Å². The lowest BCUT2D eigenvalue weighted by Gasteiger charge is -2.35. The van der Waals surface area contributed by atoms with E-state index in [4.69, 9.17) is 17.3 Å². The van der Waals surface area contributed by atoms with Gasteiger partial charge in [0.2, 0.25) is 0 Å². The second-order valence-electron chi connectivity index (χ2n) is 5.77. The number of halogens is 4. The highest BCUT2D eigenvalue weighted by molar-refractivity contribution is 6.33. The fourth-order valence-electron chi connectivity index (χ4n) is 2.75. The Balaban J connectivity index is 2.04. The lowest BCUT2D eigenvalue weighted by molar-refractivity contribution is -0.179. The number of hydrogen-bond donors (Lipinski definition) is 1. The van der Waals surface area contributed by atoms with Crippen molar-refractivity contribution in [3.8, 4) is 0 Å². The van der Waals surface area contributed by atoms with Crippen molar-refractivity contribution < 1.29 is 13.2 Å². The number of anilines is 1. The molecule has 2 nitrogen and oxygen atoms in total. The summed E-state index contributed by atoms with van der Waals surface area (Å²) in [4.78, 5) is 1.93. The fraction of sp³-hybridized carbons (Fsp3) is 0.600. The van der Waals surface area contributed by atoms with E-state index < -0.39 is 12.1 Å². The van der Waals surface area contributed by atoms with Gasteiger partial charge in [-0.15, -0.1) is 0 Å². The normalized spacial score (nSPS) is 18.9. The van der Waals surface area contributed by atoms with Crippen LogP contribution in [0.5, 0.6) is 0 Å². The number of nitrogens with zero attached hydrogens (tertiary/aromatic N) is 1. The third kappa shape index (κ3) is 4.27. The lowest BCUT2D eigenvalue weighted by Crippen LogP contribution is -2.39. The Morgan fingerprint density at radius 1 is 1.33 bits per heavy atom. The molecule has 0 bridgehead atoms. The number of benzene rings is 1. The molecule has 0 amide bonds. The smallest absolute Gasteiger partial charge is 0.370 e. The number of rotatable bonds is 3. The van der Waals surface area contributed by atoms with E-state index in [1.807, 2.05) is 30.0 Å². The van der Waals surface area contributed by atoms with Crippen LogP contribution in [0.1, 0.15) is 25.3 Å². The highest BCUT2D eigenvalue weighted by Gasteiger charge is 2.41. The number of piperidine rings is 1. The summed E-state index contributed by atoms with van der Waals surface area (Å²) in [6, 6.07) is 5.74. The molecule has 1 aromatic carbocycles. The van der Waals surface area contributed by atoms with Gasteiger partial charge in [0.15, 0.2) is 0 Å². The van der Waals surface area contributed by atoms with Crippen molar-refractivity contribution in [3.05, 3.63) is 28.8 Å². The van der Waals surface area contributed by atoms with Gasteiger partial charge < -0.3 is 10.6 Å². The first kappa shape index (κ1) is 16.4. The molecule has 1 atom stereocenters. The molecule has 1 fully saturated rings. The molecule has 0 aliphatic carbocycles. The van der Waals surface area contributed by atoms with Crippen LogP contribution in [-0.2, 0) is 6.42 Å². The molecule has 1 heterocycles. The van der Waals surface area contributed by atoms with Crippen LogP contribution in [0.15, 0.2) is 18.2 Å². The van der Waals surface area contributed by atoms with Crippen LogP contribution in [0.4, 0.5) is 18.9 Å². The van der Waals surface area contributed by atoms with Crippen LogP contribution in [0.25, 0.3) is 0 Å². The molecule has 1 aliphatic rings. The van der Waals surface area contributed by atoms with Gasteiger partial charge in [-0.2, -0.15) is 13.2 Å². The van der Waals surface area contributed by atoms with Crippen molar-refractivity contribution in [2.75, 3.05) is 18.0 Å². The maximum atomic E-state index is 12.7. The maximum absolute atomic E-state index is 12.7. The summed E-state index contributed by atoms with van der Waals surface area (Å²) in [5.41, 5.74) is 7.61. The maximum Gasteiger partial charge on any atom is 0.391 e. The quantitative estimate of drug-likeness (QED) is 0.912. The molecule has 0 saturated carbocycles. The average Bonchev–Trinajstić information content (AvgIpc) is 2.37. The third-order valence-electron chi connectivity index (χ3n) is 3.87.